The number of halogens is 3. The number of hydrogen-bond donors (Lipinski definition) is 0. The summed E-state index contributed by atoms with van der Waals surface area (Å²) in [5.74, 6) is 0.551. The molecule has 0 saturated heterocycles. The van der Waals surface area contributed by atoms with E-state index >= 15 is 0 Å². The Hall–Kier alpha value is -1.35. The quantitative estimate of drug-likeness (QED) is 0.547. The van der Waals surface area contributed by atoms with Crippen molar-refractivity contribution in [2.24, 2.45) is 0 Å². The predicted molar refractivity (Wildman–Crippen MR) is 84.7 cm³/mol. The first-order valence-corrected chi connectivity index (χ1v) is 7.07. The van der Waals surface area contributed by atoms with Gasteiger partial charge in [-0.1, -0.05) is 58.6 Å². The van der Waals surface area contributed by atoms with Gasteiger partial charge in [0.05, 0.1) is 10.5 Å². The number of nitrogens with zero attached hydrogens (tertiary/aromatic N) is 2. The third-order valence-corrected chi connectivity index (χ3v) is 3.74. The normalized spacial score (nSPS) is 11.0. The van der Waals surface area contributed by atoms with Gasteiger partial charge in [-0.3, -0.25) is 0 Å². The summed E-state index contributed by atoms with van der Waals surface area (Å²) in [4.78, 5) is 8.83. The molecule has 0 saturated carbocycles. The Morgan fingerprint density at radius 1 is 0.950 bits per heavy atom. The molecule has 5 heteroatoms. The van der Waals surface area contributed by atoms with Gasteiger partial charge in [0.25, 0.3) is 0 Å². The molecular weight excluding hydrogens is 315 g/mol. The molecular formula is C15H9Cl3N2. The molecule has 2 nitrogen and oxygen atoms in total. The number of rotatable bonds is 1. The lowest BCUT2D eigenvalue weighted by Crippen LogP contribution is -1.93. The first-order valence-electron chi connectivity index (χ1n) is 5.94. The van der Waals surface area contributed by atoms with Gasteiger partial charge >= 0.3 is 0 Å². The molecule has 100 valence electrons. The second-order valence-corrected chi connectivity index (χ2v) is 5.69. The van der Waals surface area contributed by atoms with E-state index in [0.29, 0.717) is 31.9 Å². The minimum absolute atomic E-state index is 0.343. The van der Waals surface area contributed by atoms with E-state index < -0.39 is 0 Å². The largest absolute Gasteiger partial charge is 0.226 e. The van der Waals surface area contributed by atoms with Crippen molar-refractivity contribution in [3.05, 3.63) is 57.2 Å². The van der Waals surface area contributed by atoms with E-state index in [1.54, 1.807) is 12.1 Å². The van der Waals surface area contributed by atoms with Crippen LogP contribution < -0.4 is 0 Å². The maximum absolute atomic E-state index is 6.23. The van der Waals surface area contributed by atoms with Crippen molar-refractivity contribution in [3.63, 3.8) is 0 Å². The lowest BCUT2D eigenvalue weighted by molar-refractivity contribution is 1.22. The molecule has 2 aromatic carbocycles. The SMILES string of the molecule is Cc1cccc(-c2nc(Cl)c3cc(Cl)cc(Cl)c3n2)c1. The highest BCUT2D eigenvalue weighted by atomic mass is 35.5. The molecule has 0 aliphatic carbocycles. The third kappa shape index (κ3) is 2.47. The Labute approximate surface area is 131 Å². The number of aryl methyl sites for hydroxylation is 1. The Balaban J connectivity index is 2.29. The van der Waals surface area contributed by atoms with Gasteiger partial charge in [-0.05, 0) is 25.1 Å². The van der Waals surface area contributed by atoms with Gasteiger partial charge in [-0.15, -0.1) is 0 Å². The zero-order valence-corrected chi connectivity index (χ0v) is 12.8. The summed E-state index contributed by atoms with van der Waals surface area (Å²) >= 11 is 18.4. The van der Waals surface area contributed by atoms with Crippen LogP contribution in [0.3, 0.4) is 0 Å². The molecule has 0 radical (unpaired) electrons. The summed E-state index contributed by atoms with van der Waals surface area (Å²) in [7, 11) is 0. The van der Waals surface area contributed by atoms with Crippen molar-refractivity contribution in [3.8, 4) is 11.4 Å². The molecule has 1 aromatic heterocycles. The third-order valence-electron chi connectivity index (χ3n) is 2.95. The monoisotopic (exact) mass is 322 g/mol. The van der Waals surface area contributed by atoms with Crippen molar-refractivity contribution in [2.75, 3.05) is 0 Å². The zero-order valence-electron chi connectivity index (χ0n) is 10.5. The minimum Gasteiger partial charge on any atom is -0.226 e. The van der Waals surface area contributed by atoms with E-state index in [1.807, 2.05) is 31.2 Å². The second kappa shape index (κ2) is 5.21. The molecule has 1 heterocycles. The van der Waals surface area contributed by atoms with Crippen LogP contribution in [-0.4, -0.2) is 9.97 Å². The fourth-order valence-electron chi connectivity index (χ4n) is 2.03. The van der Waals surface area contributed by atoms with E-state index in [0.717, 1.165) is 11.1 Å². The van der Waals surface area contributed by atoms with Crippen molar-refractivity contribution in [2.45, 2.75) is 6.92 Å². The van der Waals surface area contributed by atoms with Gasteiger partial charge in [0.15, 0.2) is 5.82 Å². The topological polar surface area (TPSA) is 25.8 Å². The highest BCUT2D eigenvalue weighted by molar-refractivity contribution is 6.41. The maximum atomic E-state index is 6.23. The van der Waals surface area contributed by atoms with E-state index in [-0.39, 0.29) is 0 Å². The zero-order chi connectivity index (χ0) is 14.3. The molecule has 3 rings (SSSR count). The average molecular weight is 324 g/mol. The molecule has 0 fully saturated rings. The lowest BCUT2D eigenvalue weighted by atomic mass is 10.1. The van der Waals surface area contributed by atoms with E-state index in [1.165, 1.54) is 0 Å². The number of aromatic nitrogens is 2. The van der Waals surface area contributed by atoms with Crippen LogP contribution in [0.2, 0.25) is 15.2 Å². The summed E-state index contributed by atoms with van der Waals surface area (Å²) in [6, 6.07) is 11.3. The first-order chi connectivity index (χ1) is 9.54. The molecule has 0 bridgehead atoms. The van der Waals surface area contributed by atoms with Crippen LogP contribution in [0, 0.1) is 6.92 Å². The highest BCUT2D eigenvalue weighted by Crippen LogP contribution is 2.32. The maximum Gasteiger partial charge on any atom is 0.161 e. The van der Waals surface area contributed by atoms with Gasteiger partial charge in [0.1, 0.15) is 5.15 Å². The summed E-state index contributed by atoms with van der Waals surface area (Å²) in [6.07, 6.45) is 0. The van der Waals surface area contributed by atoms with Crippen molar-refractivity contribution < 1.29 is 0 Å². The van der Waals surface area contributed by atoms with Gasteiger partial charge < -0.3 is 0 Å². The van der Waals surface area contributed by atoms with Crippen LogP contribution >= 0.6 is 34.8 Å². The fraction of sp³-hybridized carbons (Fsp3) is 0.0667. The highest BCUT2D eigenvalue weighted by Gasteiger charge is 2.11. The van der Waals surface area contributed by atoms with Crippen LogP contribution in [0.1, 0.15) is 5.56 Å². The molecule has 0 aliphatic rings. The molecule has 0 atom stereocenters. The molecule has 0 aliphatic heterocycles. The van der Waals surface area contributed by atoms with Crippen molar-refractivity contribution in [1.82, 2.24) is 9.97 Å². The summed E-state index contributed by atoms with van der Waals surface area (Å²) in [5, 5.41) is 1.97. The van der Waals surface area contributed by atoms with Crippen LogP contribution in [0.25, 0.3) is 22.3 Å². The first kappa shape index (κ1) is 13.6. The Morgan fingerprint density at radius 2 is 1.75 bits per heavy atom. The lowest BCUT2D eigenvalue weighted by Gasteiger charge is -2.07. The summed E-state index contributed by atoms with van der Waals surface area (Å²) < 4.78 is 0. The number of hydrogen-bond acceptors (Lipinski definition) is 2. The second-order valence-electron chi connectivity index (χ2n) is 4.49. The average Bonchev–Trinajstić information content (AvgIpc) is 2.39. The van der Waals surface area contributed by atoms with Gasteiger partial charge in [0, 0.05) is 16.0 Å². The predicted octanol–water partition coefficient (Wildman–Crippen LogP) is 5.57. The van der Waals surface area contributed by atoms with Crippen molar-refractivity contribution in [1.29, 1.82) is 0 Å². The Kier molecular flexibility index (Phi) is 3.55. The number of fused-ring (bicyclic) bond motifs is 1. The van der Waals surface area contributed by atoms with Gasteiger partial charge in [0.2, 0.25) is 0 Å². The van der Waals surface area contributed by atoms with Gasteiger partial charge in [-0.2, -0.15) is 0 Å². The Bertz CT molecular complexity index is 816. The Morgan fingerprint density at radius 3 is 2.50 bits per heavy atom. The van der Waals surface area contributed by atoms with Gasteiger partial charge in [-0.25, -0.2) is 9.97 Å². The van der Waals surface area contributed by atoms with E-state index in [9.17, 15) is 0 Å². The van der Waals surface area contributed by atoms with Crippen LogP contribution in [-0.2, 0) is 0 Å². The fourth-order valence-corrected chi connectivity index (χ4v) is 2.79. The molecule has 0 amide bonds. The van der Waals surface area contributed by atoms with E-state index in [2.05, 4.69) is 9.97 Å². The van der Waals surface area contributed by atoms with Crippen LogP contribution in [0.15, 0.2) is 36.4 Å². The molecule has 0 unspecified atom stereocenters. The van der Waals surface area contributed by atoms with Crippen LogP contribution in [0.5, 0.6) is 0 Å². The summed E-state index contributed by atoms with van der Waals surface area (Å²) in [6.45, 7) is 2.01. The number of benzene rings is 2. The smallest absolute Gasteiger partial charge is 0.161 e. The van der Waals surface area contributed by atoms with E-state index in [4.69, 9.17) is 34.8 Å². The molecule has 0 N–H and O–H groups in total. The molecule has 20 heavy (non-hydrogen) atoms. The molecule has 0 spiro atoms. The standard InChI is InChI=1S/C15H9Cl3N2/c1-8-3-2-4-9(5-8)15-19-13-11(14(18)20-15)6-10(16)7-12(13)17/h2-7H,1H3. The van der Waals surface area contributed by atoms with Crippen LogP contribution in [0.4, 0.5) is 0 Å². The minimum atomic E-state index is 0.343. The van der Waals surface area contributed by atoms with Crippen molar-refractivity contribution >= 4 is 45.7 Å². The molecule has 3 aromatic rings. The summed E-state index contributed by atoms with van der Waals surface area (Å²) in [5.41, 5.74) is 2.64.